The Labute approximate surface area is 159 Å². The van der Waals surface area contributed by atoms with Crippen LogP contribution >= 0.6 is 0 Å². The van der Waals surface area contributed by atoms with Gasteiger partial charge in [-0.25, -0.2) is 0 Å². The van der Waals surface area contributed by atoms with Crippen molar-refractivity contribution in [2.45, 2.75) is 23.5 Å². The predicted octanol–water partition coefficient (Wildman–Crippen LogP) is 4.21. The van der Waals surface area contributed by atoms with E-state index in [1.165, 1.54) is 11.1 Å². The molecule has 0 saturated carbocycles. The monoisotopic (exact) mass is 412 g/mol. The summed E-state index contributed by atoms with van der Waals surface area (Å²) in [5.74, 6) is -0.973. The summed E-state index contributed by atoms with van der Waals surface area (Å²) < 4.78 is 4.11. The van der Waals surface area contributed by atoms with Gasteiger partial charge >= 0.3 is 159 Å². The number of allylic oxidation sites excluding steroid dienone is 1. The molecular formula is C21H21AsO4. The van der Waals surface area contributed by atoms with Crippen LogP contribution in [0.1, 0.15) is 30.4 Å². The molecule has 2 aromatic rings. The number of aliphatic carboxylic acids is 1. The van der Waals surface area contributed by atoms with E-state index in [1.807, 2.05) is 24.3 Å². The van der Waals surface area contributed by atoms with Crippen LogP contribution in [0.3, 0.4) is 0 Å². The predicted molar refractivity (Wildman–Crippen MR) is 103 cm³/mol. The van der Waals surface area contributed by atoms with E-state index in [4.69, 9.17) is 4.74 Å². The number of carbonyl (C=O) groups is 2. The first kappa shape index (κ1) is 18.5. The third-order valence-corrected chi connectivity index (χ3v) is 7.51. The zero-order chi connectivity index (χ0) is 18.7. The van der Waals surface area contributed by atoms with Crippen molar-refractivity contribution in [1.82, 2.24) is 0 Å². The Balaban J connectivity index is 1.75. The van der Waals surface area contributed by atoms with E-state index in [0.717, 1.165) is 11.1 Å². The Bertz CT molecular complexity index is 815. The molecule has 134 valence electrons. The number of carboxylic acids is 1. The Morgan fingerprint density at radius 2 is 1.69 bits per heavy atom. The van der Waals surface area contributed by atoms with E-state index in [1.54, 1.807) is 13.0 Å². The zero-order valence-electron chi connectivity index (χ0n) is 14.6. The van der Waals surface area contributed by atoms with Crippen molar-refractivity contribution in [1.29, 1.82) is 0 Å². The van der Waals surface area contributed by atoms with Crippen molar-refractivity contribution in [3.05, 3.63) is 72.3 Å². The minimum absolute atomic E-state index is 0.00608. The second kappa shape index (κ2) is 7.51. The fourth-order valence-electron chi connectivity index (χ4n) is 3.34. The number of benzene rings is 2. The summed E-state index contributed by atoms with van der Waals surface area (Å²) in [5, 5.41) is 9.43. The van der Waals surface area contributed by atoms with Crippen LogP contribution in [0.2, 0.25) is 4.20 Å². The molecule has 0 aromatic heterocycles. The van der Waals surface area contributed by atoms with Crippen LogP contribution in [0.5, 0.6) is 0 Å². The molecule has 5 heteroatoms. The molecule has 0 fully saturated rings. The number of rotatable bonds is 7. The van der Waals surface area contributed by atoms with Gasteiger partial charge in [0.05, 0.1) is 0 Å². The third-order valence-electron chi connectivity index (χ3n) is 4.75. The van der Waals surface area contributed by atoms with E-state index in [-0.39, 0.29) is 23.7 Å². The summed E-state index contributed by atoms with van der Waals surface area (Å²) in [5.41, 5.74) is 4.63. The fraction of sp³-hybridized carbons (Fsp3) is 0.238. The van der Waals surface area contributed by atoms with Crippen LogP contribution in [-0.2, 0) is 9.53 Å². The van der Waals surface area contributed by atoms with Crippen LogP contribution in [0.25, 0.3) is 11.1 Å². The van der Waals surface area contributed by atoms with Gasteiger partial charge in [0.25, 0.3) is 0 Å². The molecule has 1 N–H and O–H groups in total. The van der Waals surface area contributed by atoms with Gasteiger partial charge in [-0.05, 0) is 0 Å². The summed E-state index contributed by atoms with van der Waals surface area (Å²) in [6, 6.07) is 16.3. The van der Waals surface area contributed by atoms with Crippen molar-refractivity contribution >= 4 is 26.5 Å². The van der Waals surface area contributed by atoms with Crippen LogP contribution in [0, 0.1) is 0 Å². The Kier molecular flexibility index (Phi) is 5.33. The first-order valence-electron chi connectivity index (χ1n) is 8.44. The summed E-state index contributed by atoms with van der Waals surface area (Å²) in [4.78, 5) is 23.9. The molecule has 0 heterocycles. The number of carbonyl (C=O) groups excluding carboxylic acids is 1. The molecule has 0 amide bonds. The molecule has 2 aromatic carbocycles. The summed E-state index contributed by atoms with van der Waals surface area (Å²) in [6.45, 7) is 5.43. The minimum atomic E-state index is -1.48. The van der Waals surface area contributed by atoms with Gasteiger partial charge in [0.1, 0.15) is 0 Å². The molecule has 2 atom stereocenters. The first-order chi connectivity index (χ1) is 12.5. The Hall–Kier alpha value is -2.32. The van der Waals surface area contributed by atoms with E-state index in [9.17, 15) is 14.7 Å². The Morgan fingerprint density at radius 3 is 2.19 bits per heavy atom. The van der Waals surface area contributed by atoms with Gasteiger partial charge in [-0.2, -0.15) is 0 Å². The quantitative estimate of drug-likeness (QED) is 0.547. The van der Waals surface area contributed by atoms with E-state index in [2.05, 4.69) is 30.8 Å². The molecule has 1 aliphatic carbocycles. The standard InChI is InChI=1S/C21H21AsO4/c1-3-12-21(2,19(23)24)22-20(25)26-13-18-16-10-6-4-8-14(16)15-9-5-7-11-17(15)18/h3-11,18,22H,1,12-13H2,2H3,(H,23,24). The van der Waals surface area contributed by atoms with Gasteiger partial charge in [-0.3, -0.25) is 0 Å². The van der Waals surface area contributed by atoms with Gasteiger partial charge in [0.15, 0.2) is 0 Å². The second-order valence-corrected chi connectivity index (χ2v) is 10.3. The summed E-state index contributed by atoms with van der Waals surface area (Å²) in [7, 11) is 0. The van der Waals surface area contributed by atoms with E-state index < -0.39 is 25.9 Å². The SMILES string of the molecule is C=CCC(C)([AsH]C(=O)OCC1c2ccccc2-c2ccccc21)C(=O)O. The fourth-order valence-corrected chi connectivity index (χ4v) is 5.35. The van der Waals surface area contributed by atoms with Crippen molar-refractivity contribution in [3.63, 3.8) is 0 Å². The van der Waals surface area contributed by atoms with Crippen LogP contribution < -0.4 is 0 Å². The first-order valence-corrected chi connectivity index (χ1v) is 10.5. The van der Waals surface area contributed by atoms with Gasteiger partial charge < -0.3 is 0 Å². The molecule has 1 aliphatic rings. The topological polar surface area (TPSA) is 63.6 Å². The molecule has 4 nitrogen and oxygen atoms in total. The number of ether oxygens (including phenoxy) is 1. The van der Waals surface area contributed by atoms with Crippen molar-refractivity contribution in [2.24, 2.45) is 0 Å². The average molecular weight is 412 g/mol. The molecule has 0 aliphatic heterocycles. The number of hydrogen-bond donors (Lipinski definition) is 1. The average Bonchev–Trinajstić information content (AvgIpc) is 2.94. The van der Waals surface area contributed by atoms with Gasteiger partial charge in [0.2, 0.25) is 0 Å². The van der Waals surface area contributed by atoms with Crippen LogP contribution in [0.4, 0.5) is 4.79 Å². The molecule has 2 unspecified atom stereocenters. The molecule has 0 radical (unpaired) electrons. The maximum absolute atomic E-state index is 12.4. The van der Waals surface area contributed by atoms with Gasteiger partial charge in [0, 0.05) is 0 Å². The molecule has 0 bridgehead atoms. The number of carboxylic acid groups (broad SMARTS) is 1. The number of hydrogen-bond acceptors (Lipinski definition) is 3. The van der Waals surface area contributed by atoms with Crippen molar-refractivity contribution in [2.75, 3.05) is 6.61 Å². The maximum atomic E-state index is 12.4. The van der Waals surface area contributed by atoms with Crippen LogP contribution in [0.15, 0.2) is 61.2 Å². The molecular weight excluding hydrogens is 391 g/mol. The zero-order valence-corrected chi connectivity index (χ0v) is 16.7. The van der Waals surface area contributed by atoms with Gasteiger partial charge in [-0.1, -0.05) is 0 Å². The Morgan fingerprint density at radius 1 is 1.15 bits per heavy atom. The third kappa shape index (κ3) is 3.47. The second-order valence-electron chi connectivity index (χ2n) is 6.58. The van der Waals surface area contributed by atoms with E-state index in [0.29, 0.717) is 0 Å². The summed E-state index contributed by atoms with van der Waals surface area (Å²) >= 11 is -1.48. The molecule has 26 heavy (non-hydrogen) atoms. The molecule has 0 spiro atoms. The summed E-state index contributed by atoms with van der Waals surface area (Å²) in [6.07, 6.45) is 1.82. The molecule has 0 saturated heterocycles. The number of fused-ring (bicyclic) bond motifs is 3. The van der Waals surface area contributed by atoms with Gasteiger partial charge in [-0.15, -0.1) is 0 Å². The van der Waals surface area contributed by atoms with Crippen LogP contribution in [-0.4, -0.2) is 38.2 Å². The van der Waals surface area contributed by atoms with Crippen molar-refractivity contribution < 1.29 is 19.4 Å². The normalized spacial score (nSPS) is 15.3. The van der Waals surface area contributed by atoms with Crippen molar-refractivity contribution in [3.8, 4) is 11.1 Å². The molecule has 3 rings (SSSR count). The van der Waals surface area contributed by atoms with E-state index >= 15 is 0 Å².